The summed E-state index contributed by atoms with van der Waals surface area (Å²) in [4.78, 5) is 35.1. The molecule has 0 aromatic rings. The van der Waals surface area contributed by atoms with E-state index in [4.69, 9.17) is 10.8 Å². The second-order valence-corrected chi connectivity index (χ2v) is 4.78. The molecule has 3 amide bonds. The van der Waals surface area contributed by atoms with Crippen LogP contribution in [-0.2, 0) is 9.59 Å². The summed E-state index contributed by atoms with van der Waals surface area (Å²) >= 11 is 0. The lowest BCUT2D eigenvalue weighted by Crippen LogP contribution is -2.49. The molecule has 0 aromatic heterocycles. The fourth-order valence-corrected chi connectivity index (χ4v) is 1.58. The number of primary amides is 1. The molecule has 0 saturated heterocycles. The average Bonchev–Trinajstić information content (AvgIpc) is 2.30. The first-order chi connectivity index (χ1) is 8.77. The van der Waals surface area contributed by atoms with Crippen molar-refractivity contribution in [1.82, 2.24) is 10.2 Å². The zero-order valence-electron chi connectivity index (χ0n) is 11.7. The van der Waals surface area contributed by atoms with Crippen molar-refractivity contribution >= 4 is 17.9 Å². The van der Waals surface area contributed by atoms with Crippen LogP contribution >= 0.6 is 0 Å². The van der Waals surface area contributed by atoms with Gasteiger partial charge >= 0.3 is 12.0 Å². The van der Waals surface area contributed by atoms with E-state index in [1.165, 1.54) is 4.90 Å². The average molecular weight is 273 g/mol. The van der Waals surface area contributed by atoms with Gasteiger partial charge in [0.1, 0.15) is 6.04 Å². The van der Waals surface area contributed by atoms with Crippen molar-refractivity contribution in [3.05, 3.63) is 0 Å². The number of urea groups is 1. The molecule has 0 spiro atoms. The molecule has 0 aromatic carbocycles. The summed E-state index contributed by atoms with van der Waals surface area (Å²) in [7, 11) is 0. The summed E-state index contributed by atoms with van der Waals surface area (Å²) in [5.41, 5.74) is 4.97. The molecule has 0 heterocycles. The third-order valence-corrected chi connectivity index (χ3v) is 2.53. The summed E-state index contributed by atoms with van der Waals surface area (Å²) in [6.45, 7) is 6.80. The van der Waals surface area contributed by atoms with E-state index in [2.05, 4.69) is 5.32 Å². The van der Waals surface area contributed by atoms with Gasteiger partial charge in [0.2, 0.25) is 5.91 Å². The van der Waals surface area contributed by atoms with Gasteiger partial charge in [0.15, 0.2) is 0 Å². The van der Waals surface area contributed by atoms with Gasteiger partial charge in [0.25, 0.3) is 0 Å². The molecule has 0 radical (unpaired) electrons. The van der Waals surface area contributed by atoms with Crippen LogP contribution in [0.5, 0.6) is 0 Å². The van der Waals surface area contributed by atoms with Crippen LogP contribution in [0, 0.1) is 5.92 Å². The van der Waals surface area contributed by atoms with Crippen LogP contribution in [0.25, 0.3) is 0 Å². The third kappa shape index (κ3) is 7.28. The summed E-state index contributed by atoms with van der Waals surface area (Å²) in [6, 6.07) is -1.53. The first-order valence-corrected chi connectivity index (χ1v) is 6.34. The second kappa shape index (κ2) is 8.34. The molecule has 110 valence electrons. The first kappa shape index (κ1) is 17.2. The highest BCUT2D eigenvalue weighted by atomic mass is 16.4. The minimum absolute atomic E-state index is 0.00433. The highest BCUT2D eigenvalue weighted by molar-refractivity contribution is 5.83. The van der Waals surface area contributed by atoms with Crippen LogP contribution in [0.3, 0.4) is 0 Å². The highest BCUT2D eigenvalue weighted by Crippen LogP contribution is 2.02. The number of nitrogens with two attached hydrogens (primary N) is 1. The predicted octanol–water partition coefficient (Wildman–Crippen LogP) is 0.393. The van der Waals surface area contributed by atoms with Crippen molar-refractivity contribution < 1.29 is 19.5 Å². The Balaban J connectivity index is 4.51. The van der Waals surface area contributed by atoms with Crippen LogP contribution in [0.15, 0.2) is 0 Å². The zero-order valence-corrected chi connectivity index (χ0v) is 11.7. The van der Waals surface area contributed by atoms with Crippen LogP contribution in [0.1, 0.15) is 33.6 Å². The summed E-state index contributed by atoms with van der Waals surface area (Å²) in [5, 5.41) is 11.4. The number of hydrogen-bond acceptors (Lipinski definition) is 3. The van der Waals surface area contributed by atoms with Gasteiger partial charge in [-0.25, -0.2) is 9.59 Å². The van der Waals surface area contributed by atoms with E-state index in [1.807, 2.05) is 20.8 Å². The van der Waals surface area contributed by atoms with Crippen LogP contribution in [0.2, 0.25) is 0 Å². The number of amides is 3. The second-order valence-electron chi connectivity index (χ2n) is 4.78. The Morgan fingerprint density at radius 3 is 2.26 bits per heavy atom. The first-order valence-electron chi connectivity index (χ1n) is 6.34. The van der Waals surface area contributed by atoms with Gasteiger partial charge in [0, 0.05) is 19.5 Å². The van der Waals surface area contributed by atoms with Gasteiger partial charge in [-0.2, -0.15) is 0 Å². The molecule has 7 heteroatoms. The molecular weight excluding hydrogens is 250 g/mol. The minimum atomic E-state index is -1.17. The molecule has 0 unspecified atom stereocenters. The van der Waals surface area contributed by atoms with Gasteiger partial charge in [-0.3, -0.25) is 4.79 Å². The number of hydrogen-bond donors (Lipinski definition) is 3. The van der Waals surface area contributed by atoms with E-state index < -0.39 is 23.9 Å². The number of nitrogens with zero attached hydrogens (tertiary/aromatic N) is 1. The van der Waals surface area contributed by atoms with Gasteiger partial charge in [-0.1, -0.05) is 13.8 Å². The number of nitrogens with one attached hydrogen (secondary N) is 1. The normalized spacial score (nSPS) is 12.0. The lowest BCUT2D eigenvalue weighted by molar-refractivity contribution is -0.139. The molecule has 0 rings (SSSR count). The summed E-state index contributed by atoms with van der Waals surface area (Å²) < 4.78 is 0. The number of aliphatic carboxylic acids is 1. The van der Waals surface area contributed by atoms with Gasteiger partial charge in [-0.05, 0) is 19.3 Å². The summed E-state index contributed by atoms with van der Waals surface area (Å²) in [5.74, 6) is -1.47. The topological polar surface area (TPSA) is 113 Å². The molecule has 0 saturated carbocycles. The van der Waals surface area contributed by atoms with Gasteiger partial charge in [0.05, 0.1) is 0 Å². The van der Waals surface area contributed by atoms with E-state index in [9.17, 15) is 14.4 Å². The number of carbonyl (C=O) groups is 3. The summed E-state index contributed by atoms with van der Waals surface area (Å²) in [6.07, 6.45) is -0.0802. The van der Waals surface area contributed by atoms with Crippen LogP contribution in [0.4, 0.5) is 4.79 Å². The molecule has 0 aliphatic rings. The van der Waals surface area contributed by atoms with Crippen LogP contribution < -0.4 is 11.1 Å². The third-order valence-electron chi connectivity index (χ3n) is 2.53. The Morgan fingerprint density at radius 1 is 1.32 bits per heavy atom. The zero-order chi connectivity index (χ0) is 15.0. The molecule has 19 heavy (non-hydrogen) atoms. The monoisotopic (exact) mass is 273 g/mol. The molecule has 0 aliphatic heterocycles. The smallest absolute Gasteiger partial charge is 0.326 e. The molecule has 0 fully saturated rings. The van der Waals surface area contributed by atoms with Gasteiger partial charge < -0.3 is 21.1 Å². The Hall–Kier alpha value is -1.79. The Labute approximate surface area is 113 Å². The van der Waals surface area contributed by atoms with Crippen molar-refractivity contribution in [2.75, 3.05) is 13.1 Å². The van der Waals surface area contributed by atoms with E-state index >= 15 is 0 Å². The fraction of sp³-hybridized carbons (Fsp3) is 0.750. The van der Waals surface area contributed by atoms with Crippen LogP contribution in [-0.4, -0.2) is 47.0 Å². The van der Waals surface area contributed by atoms with E-state index in [0.717, 1.165) is 0 Å². The number of carboxylic acid groups (broad SMARTS) is 1. The van der Waals surface area contributed by atoms with Gasteiger partial charge in [-0.15, -0.1) is 0 Å². The predicted molar refractivity (Wildman–Crippen MR) is 70.5 cm³/mol. The number of carboxylic acids is 1. The number of rotatable bonds is 8. The lowest BCUT2D eigenvalue weighted by Gasteiger charge is -2.25. The number of carbonyl (C=O) groups excluding carboxylic acids is 2. The van der Waals surface area contributed by atoms with E-state index in [1.54, 1.807) is 0 Å². The largest absolute Gasteiger partial charge is 0.480 e. The molecule has 0 aliphatic carbocycles. The Bertz CT molecular complexity index is 331. The molecule has 4 N–H and O–H groups in total. The van der Waals surface area contributed by atoms with Crippen molar-refractivity contribution in [2.45, 2.75) is 39.7 Å². The Morgan fingerprint density at radius 2 is 1.89 bits per heavy atom. The van der Waals surface area contributed by atoms with E-state index in [-0.39, 0.29) is 12.8 Å². The standard InChI is InChI=1S/C12H23N3O4/c1-4-15(7-8(2)3)12(19)14-9(11(17)18)5-6-10(13)16/h8-9H,4-7H2,1-3H3,(H2,13,16)(H,14,19)(H,17,18)/t9-/m0/s1. The minimum Gasteiger partial charge on any atom is -0.480 e. The molecule has 1 atom stereocenters. The molecule has 7 nitrogen and oxygen atoms in total. The maximum absolute atomic E-state index is 11.9. The quantitative estimate of drug-likeness (QED) is 0.593. The lowest BCUT2D eigenvalue weighted by atomic mass is 10.1. The molecule has 0 bridgehead atoms. The Kier molecular flexibility index (Phi) is 7.55. The van der Waals surface area contributed by atoms with Crippen molar-refractivity contribution in [2.24, 2.45) is 11.7 Å². The van der Waals surface area contributed by atoms with E-state index in [0.29, 0.717) is 19.0 Å². The van der Waals surface area contributed by atoms with Crippen molar-refractivity contribution in [3.8, 4) is 0 Å². The molecular formula is C12H23N3O4. The van der Waals surface area contributed by atoms with Crippen molar-refractivity contribution in [1.29, 1.82) is 0 Å². The SMILES string of the molecule is CCN(CC(C)C)C(=O)N[C@@H](CCC(N)=O)C(=O)O. The maximum Gasteiger partial charge on any atom is 0.326 e. The maximum atomic E-state index is 11.9. The fourth-order valence-electron chi connectivity index (χ4n) is 1.58. The van der Waals surface area contributed by atoms with Crippen molar-refractivity contribution in [3.63, 3.8) is 0 Å². The highest BCUT2D eigenvalue weighted by Gasteiger charge is 2.23.